The van der Waals surface area contributed by atoms with Crippen LogP contribution in [0.15, 0.2) is 0 Å². The minimum atomic E-state index is -0.359. The van der Waals surface area contributed by atoms with Crippen molar-refractivity contribution in [3.8, 4) is 6.07 Å². The standard InChI is InChI=1S/C16H32N4/c1-6-18-16(5,14-17)8-7-9-19-10-12-20(13-11-19)15(2,3)4/h18H,6-13H2,1-5H3. The monoisotopic (exact) mass is 280 g/mol. The normalized spacial score (nSPS) is 21.4. The molecule has 0 saturated carbocycles. The van der Waals surface area contributed by atoms with Crippen LogP contribution in [0.5, 0.6) is 0 Å². The number of hydrogen-bond donors (Lipinski definition) is 1. The van der Waals surface area contributed by atoms with Crippen molar-refractivity contribution in [2.75, 3.05) is 39.3 Å². The van der Waals surface area contributed by atoms with E-state index in [-0.39, 0.29) is 11.1 Å². The molecule has 1 aliphatic rings. The summed E-state index contributed by atoms with van der Waals surface area (Å²) in [6.07, 6.45) is 2.02. The van der Waals surface area contributed by atoms with Crippen molar-refractivity contribution in [1.82, 2.24) is 15.1 Å². The molecule has 1 rings (SSSR count). The van der Waals surface area contributed by atoms with E-state index in [1.807, 2.05) is 6.92 Å². The van der Waals surface area contributed by atoms with E-state index in [0.717, 1.165) is 52.1 Å². The molecule has 0 aromatic rings. The van der Waals surface area contributed by atoms with Gasteiger partial charge in [0.2, 0.25) is 0 Å². The number of nitrogens with one attached hydrogen (secondary N) is 1. The van der Waals surface area contributed by atoms with Crippen LogP contribution >= 0.6 is 0 Å². The van der Waals surface area contributed by atoms with E-state index < -0.39 is 0 Å². The van der Waals surface area contributed by atoms with Gasteiger partial charge in [0.1, 0.15) is 5.54 Å². The molecule has 0 spiro atoms. The van der Waals surface area contributed by atoms with Gasteiger partial charge in [-0.3, -0.25) is 10.2 Å². The minimum absolute atomic E-state index is 0.288. The van der Waals surface area contributed by atoms with Crippen molar-refractivity contribution < 1.29 is 0 Å². The molecule has 1 fully saturated rings. The number of piperazine rings is 1. The van der Waals surface area contributed by atoms with Crippen molar-refractivity contribution in [2.45, 2.75) is 58.5 Å². The van der Waals surface area contributed by atoms with Crippen molar-refractivity contribution in [3.63, 3.8) is 0 Å². The van der Waals surface area contributed by atoms with Crippen LogP contribution in [0, 0.1) is 11.3 Å². The van der Waals surface area contributed by atoms with Crippen molar-refractivity contribution >= 4 is 0 Å². The zero-order valence-corrected chi connectivity index (χ0v) is 14.0. The van der Waals surface area contributed by atoms with Gasteiger partial charge in [0.15, 0.2) is 0 Å². The molecule has 1 heterocycles. The summed E-state index contributed by atoms with van der Waals surface area (Å²) in [6, 6.07) is 2.41. The zero-order chi connectivity index (χ0) is 15.2. The van der Waals surface area contributed by atoms with E-state index in [2.05, 4.69) is 48.9 Å². The molecule has 4 nitrogen and oxygen atoms in total. The molecule has 1 aliphatic heterocycles. The van der Waals surface area contributed by atoms with Gasteiger partial charge >= 0.3 is 0 Å². The molecule has 0 amide bonds. The second-order valence-corrected chi connectivity index (χ2v) is 7.08. The van der Waals surface area contributed by atoms with Gasteiger partial charge in [0.05, 0.1) is 6.07 Å². The van der Waals surface area contributed by atoms with Crippen LogP contribution in [0.4, 0.5) is 0 Å². The minimum Gasteiger partial charge on any atom is -0.301 e. The van der Waals surface area contributed by atoms with Gasteiger partial charge in [-0.05, 0) is 53.6 Å². The van der Waals surface area contributed by atoms with Gasteiger partial charge < -0.3 is 4.90 Å². The first-order valence-corrected chi connectivity index (χ1v) is 7.94. The maximum atomic E-state index is 9.24. The van der Waals surface area contributed by atoms with E-state index >= 15 is 0 Å². The highest BCUT2D eigenvalue weighted by Crippen LogP contribution is 2.17. The predicted octanol–water partition coefficient (Wildman–Crippen LogP) is 2.07. The molecule has 1 atom stereocenters. The fourth-order valence-electron chi connectivity index (χ4n) is 2.87. The number of rotatable bonds is 6. The quantitative estimate of drug-likeness (QED) is 0.809. The topological polar surface area (TPSA) is 42.3 Å². The molecule has 0 aromatic heterocycles. The Morgan fingerprint density at radius 3 is 2.15 bits per heavy atom. The smallest absolute Gasteiger partial charge is 0.103 e. The van der Waals surface area contributed by atoms with E-state index in [1.54, 1.807) is 0 Å². The number of nitrogens with zero attached hydrogens (tertiary/aromatic N) is 3. The van der Waals surface area contributed by atoms with Gasteiger partial charge in [-0.1, -0.05) is 6.92 Å². The third kappa shape index (κ3) is 5.40. The lowest BCUT2D eigenvalue weighted by molar-refractivity contribution is 0.0611. The summed E-state index contributed by atoms with van der Waals surface area (Å²) in [7, 11) is 0. The molecular formula is C16H32N4. The first-order chi connectivity index (χ1) is 9.30. The molecule has 20 heavy (non-hydrogen) atoms. The first kappa shape index (κ1) is 17.4. The number of nitriles is 1. The second kappa shape index (κ2) is 7.40. The van der Waals surface area contributed by atoms with E-state index in [9.17, 15) is 5.26 Å². The molecular weight excluding hydrogens is 248 g/mol. The predicted molar refractivity (Wildman–Crippen MR) is 84.7 cm³/mol. The fraction of sp³-hybridized carbons (Fsp3) is 0.938. The highest BCUT2D eigenvalue weighted by atomic mass is 15.3. The summed E-state index contributed by atoms with van der Waals surface area (Å²) in [5.74, 6) is 0. The Labute approximate surface area is 125 Å². The van der Waals surface area contributed by atoms with Crippen molar-refractivity contribution in [3.05, 3.63) is 0 Å². The van der Waals surface area contributed by atoms with Gasteiger partial charge in [-0.25, -0.2) is 0 Å². The van der Waals surface area contributed by atoms with Gasteiger partial charge in [-0.15, -0.1) is 0 Å². The number of hydrogen-bond acceptors (Lipinski definition) is 4. The first-order valence-electron chi connectivity index (χ1n) is 7.94. The van der Waals surface area contributed by atoms with Crippen LogP contribution in [0.3, 0.4) is 0 Å². The second-order valence-electron chi connectivity index (χ2n) is 7.08. The van der Waals surface area contributed by atoms with Crippen LogP contribution in [0.25, 0.3) is 0 Å². The molecule has 4 heteroatoms. The van der Waals surface area contributed by atoms with E-state index in [4.69, 9.17) is 0 Å². The fourth-order valence-corrected chi connectivity index (χ4v) is 2.87. The summed E-state index contributed by atoms with van der Waals surface area (Å²) < 4.78 is 0. The lowest BCUT2D eigenvalue weighted by Crippen LogP contribution is -2.53. The Kier molecular flexibility index (Phi) is 6.44. The van der Waals surface area contributed by atoms with E-state index in [1.165, 1.54) is 0 Å². The Balaban J connectivity index is 2.27. The zero-order valence-electron chi connectivity index (χ0n) is 14.0. The molecule has 0 radical (unpaired) electrons. The van der Waals surface area contributed by atoms with Crippen LogP contribution < -0.4 is 5.32 Å². The third-order valence-corrected chi connectivity index (χ3v) is 4.29. The third-order valence-electron chi connectivity index (χ3n) is 4.29. The molecule has 1 unspecified atom stereocenters. The largest absolute Gasteiger partial charge is 0.301 e. The Bertz CT molecular complexity index is 320. The summed E-state index contributed by atoms with van der Waals surface area (Å²) in [4.78, 5) is 5.09. The average molecular weight is 280 g/mol. The van der Waals surface area contributed by atoms with Crippen LogP contribution in [0.1, 0.15) is 47.5 Å². The molecule has 0 aromatic carbocycles. The maximum Gasteiger partial charge on any atom is 0.103 e. The van der Waals surface area contributed by atoms with Crippen LogP contribution in [0.2, 0.25) is 0 Å². The summed E-state index contributed by atoms with van der Waals surface area (Å²) >= 11 is 0. The maximum absolute atomic E-state index is 9.24. The lowest BCUT2D eigenvalue weighted by Gasteiger charge is -2.42. The molecule has 1 saturated heterocycles. The summed E-state index contributed by atoms with van der Waals surface area (Å²) in [5, 5.41) is 12.5. The molecule has 1 N–H and O–H groups in total. The summed E-state index contributed by atoms with van der Waals surface area (Å²) in [5.41, 5.74) is -0.0709. The van der Waals surface area contributed by atoms with E-state index in [0.29, 0.717) is 0 Å². The Hall–Kier alpha value is -0.630. The average Bonchev–Trinajstić information content (AvgIpc) is 2.38. The highest BCUT2D eigenvalue weighted by Gasteiger charge is 2.26. The lowest BCUT2D eigenvalue weighted by atomic mass is 9.97. The molecule has 0 bridgehead atoms. The van der Waals surface area contributed by atoms with Crippen LogP contribution in [-0.2, 0) is 0 Å². The van der Waals surface area contributed by atoms with Crippen LogP contribution in [-0.4, -0.2) is 60.1 Å². The molecule has 116 valence electrons. The highest BCUT2D eigenvalue weighted by molar-refractivity contribution is 5.03. The summed E-state index contributed by atoms with van der Waals surface area (Å²) in [6.45, 7) is 17.5. The Morgan fingerprint density at radius 1 is 1.10 bits per heavy atom. The Morgan fingerprint density at radius 2 is 1.70 bits per heavy atom. The SMILES string of the molecule is CCNC(C)(C#N)CCCN1CCN(C(C)(C)C)CC1. The molecule has 0 aliphatic carbocycles. The van der Waals surface area contributed by atoms with Crippen molar-refractivity contribution in [1.29, 1.82) is 5.26 Å². The van der Waals surface area contributed by atoms with Gasteiger partial charge in [0, 0.05) is 31.7 Å². The van der Waals surface area contributed by atoms with Gasteiger partial charge in [-0.2, -0.15) is 5.26 Å². The van der Waals surface area contributed by atoms with Crippen molar-refractivity contribution in [2.24, 2.45) is 0 Å². The van der Waals surface area contributed by atoms with Gasteiger partial charge in [0.25, 0.3) is 0 Å².